The minimum absolute atomic E-state index is 0.0779. The van der Waals surface area contributed by atoms with Gasteiger partial charge in [0.05, 0.1) is 6.10 Å². The van der Waals surface area contributed by atoms with E-state index in [1.165, 1.54) is 51.6 Å². The fourth-order valence-electron chi connectivity index (χ4n) is 5.28. The first-order valence-electron chi connectivity index (χ1n) is 11.1. The quantitative estimate of drug-likeness (QED) is 0.701. The van der Waals surface area contributed by atoms with Crippen molar-refractivity contribution in [3.63, 3.8) is 0 Å². The maximum Gasteiger partial charge on any atom is 0.127 e. The summed E-state index contributed by atoms with van der Waals surface area (Å²) in [7, 11) is 0. The molecule has 2 heterocycles. The molecule has 0 N–H and O–H groups in total. The summed E-state index contributed by atoms with van der Waals surface area (Å²) in [6, 6.07) is 8.10. The second-order valence-electron chi connectivity index (χ2n) is 8.84. The largest absolute Gasteiger partial charge is 0.377 e. The third kappa shape index (κ3) is 5.30. The number of likely N-dealkylation sites (tertiary alicyclic amines) is 1. The third-order valence-corrected chi connectivity index (χ3v) is 6.84. The first-order valence-corrected chi connectivity index (χ1v) is 11.1. The molecule has 1 saturated carbocycles. The highest BCUT2D eigenvalue weighted by Crippen LogP contribution is 2.28. The van der Waals surface area contributed by atoms with Crippen molar-refractivity contribution in [3.05, 3.63) is 35.6 Å². The van der Waals surface area contributed by atoms with Crippen molar-refractivity contribution < 1.29 is 9.13 Å². The smallest absolute Gasteiger partial charge is 0.127 e. The molecule has 0 unspecified atom stereocenters. The van der Waals surface area contributed by atoms with E-state index in [4.69, 9.17) is 4.74 Å². The van der Waals surface area contributed by atoms with Gasteiger partial charge < -0.3 is 9.64 Å². The molecule has 3 nitrogen and oxygen atoms in total. The molecule has 150 valence electrons. The van der Waals surface area contributed by atoms with Gasteiger partial charge >= 0.3 is 0 Å². The van der Waals surface area contributed by atoms with Crippen LogP contribution in [0.1, 0.15) is 56.9 Å². The number of nitrogens with zero attached hydrogens (tertiary/aromatic N) is 2. The van der Waals surface area contributed by atoms with Gasteiger partial charge in [-0.2, -0.15) is 0 Å². The van der Waals surface area contributed by atoms with Crippen molar-refractivity contribution in [2.75, 3.05) is 32.8 Å². The van der Waals surface area contributed by atoms with Crippen molar-refractivity contribution in [1.29, 1.82) is 0 Å². The lowest BCUT2D eigenvalue weighted by molar-refractivity contribution is 0.0536. The SMILES string of the molecule is Fc1ccccc1CN(CC1CCN(C2CCCC2)CC1)C[C@@H]1CCCO1. The molecule has 4 heteroatoms. The summed E-state index contributed by atoms with van der Waals surface area (Å²) in [5.74, 6) is 0.654. The Kier molecular flexibility index (Phi) is 6.80. The summed E-state index contributed by atoms with van der Waals surface area (Å²) in [4.78, 5) is 5.20. The summed E-state index contributed by atoms with van der Waals surface area (Å²) in [5.41, 5.74) is 0.818. The van der Waals surface area contributed by atoms with E-state index >= 15 is 0 Å². The van der Waals surface area contributed by atoms with Gasteiger partial charge in [-0.25, -0.2) is 4.39 Å². The number of benzene rings is 1. The van der Waals surface area contributed by atoms with E-state index in [2.05, 4.69) is 9.80 Å². The monoisotopic (exact) mass is 374 g/mol. The average Bonchev–Trinajstić information content (AvgIpc) is 3.38. The Morgan fingerprint density at radius 1 is 0.963 bits per heavy atom. The van der Waals surface area contributed by atoms with Gasteiger partial charge in [-0.05, 0) is 63.6 Å². The molecule has 2 saturated heterocycles. The standard InChI is InChI=1S/C23H35FN2O/c24-23-10-4-1-6-20(23)17-25(18-22-9-5-15-27-22)16-19-11-13-26(14-12-19)21-7-2-3-8-21/h1,4,6,10,19,21-22H,2-3,5,7-9,11-18H2/t22-/m0/s1. The summed E-state index contributed by atoms with van der Waals surface area (Å²) in [6.45, 7) is 6.11. The number of rotatable bonds is 7. The summed E-state index contributed by atoms with van der Waals surface area (Å²) >= 11 is 0. The highest BCUT2D eigenvalue weighted by Gasteiger charge is 2.29. The molecule has 0 aromatic heterocycles. The van der Waals surface area contributed by atoms with E-state index in [0.717, 1.165) is 50.1 Å². The second kappa shape index (κ2) is 9.49. The third-order valence-electron chi connectivity index (χ3n) is 6.84. The average molecular weight is 375 g/mol. The van der Waals surface area contributed by atoms with Gasteiger partial charge in [0.1, 0.15) is 5.82 Å². The van der Waals surface area contributed by atoms with Crippen LogP contribution >= 0.6 is 0 Å². The first-order chi connectivity index (χ1) is 13.3. The highest BCUT2D eigenvalue weighted by molar-refractivity contribution is 5.17. The lowest BCUT2D eigenvalue weighted by Gasteiger charge is -2.38. The molecule has 3 fully saturated rings. The van der Waals surface area contributed by atoms with Crippen LogP contribution in [0.5, 0.6) is 0 Å². The first kappa shape index (κ1) is 19.4. The molecule has 0 radical (unpaired) electrons. The van der Waals surface area contributed by atoms with Gasteiger partial charge in [-0.1, -0.05) is 31.0 Å². The van der Waals surface area contributed by atoms with E-state index in [9.17, 15) is 4.39 Å². The van der Waals surface area contributed by atoms with Crippen LogP contribution in [0.4, 0.5) is 4.39 Å². The minimum atomic E-state index is -0.0779. The Morgan fingerprint density at radius 2 is 1.74 bits per heavy atom. The summed E-state index contributed by atoms with van der Waals surface area (Å²) in [5, 5.41) is 0. The zero-order chi connectivity index (χ0) is 18.5. The normalized spacial score (nSPS) is 25.6. The number of hydrogen-bond donors (Lipinski definition) is 0. The maximum atomic E-state index is 14.2. The number of ether oxygens (including phenoxy) is 1. The summed E-state index contributed by atoms with van der Waals surface area (Å²) < 4.78 is 20.1. The van der Waals surface area contributed by atoms with Gasteiger partial charge in [0.15, 0.2) is 0 Å². The van der Waals surface area contributed by atoms with E-state index in [0.29, 0.717) is 12.6 Å². The molecular formula is C23H35FN2O. The van der Waals surface area contributed by atoms with Crippen LogP contribution in [0.3, 0.4) is 0 Å². The zero-order valence-electron chi connectivity index (χ0n) is 16.6. The van der Waals surface area contributed by atoms with Gasteiger partial charge in [0, 0.05) is 37.8 Å². The van der Waals surface area contributed by atoms with Gasteiger partial charge in [-0.15, -0.1) is 0 Å². The van der Waals surface area contributed by atoms with Crippen molar-refractivity contribution in [1.82, 2.24) is 9.80 Å². The summed E-state index contributed by atoms with van der Waals surface area (Å²) in [6.07, 6.45) is 10.9. The van der Waals surface area contributed by atoms with Crippen LogP contribution in [-0.4, -0.2) is 54.7 Å². The molecule has 4 rings (SSSR count). The number of hydrogen-bond acceptors (Lipinski definition) is 3. The van der Waals surface area contributed by atoms with E-state index in [-0.39, 0.29) is 5.82 Å². The molecular weight excluding hydrogens is 339 g/mol. The Labute approximate surface area is 163 Å². The van der Waals surface area contributed by atoms with E-state index in [1.807, 2.05) is 12.1 Å². The van der Waals surface area contributed by atoms with Crippen LogP contribution < -0.4 is 0 Å². The van der Waals surface area contributed by atoms with Crippen molar-refractivity contribution in [2.24, 2.45) is 5.92 Å². The predicted octanol–water partition coefficient (Wildman–Crippen LogP) is 4.46. The second-order valence-corrected chi connectivity index (χ2v) is 8.84. The molecule has 0 spiro atoms. The Bertz CT molecular complexity index is 575. The van der Waals surface area contributed by atoms with Crippen LogP contribution in [0, 0.1) is 11.7 Å². The molecule has 2 aliphatic heterocycles. The molecule has 0 amide bonds. The molecule has 0 bridgehead atoms. The van der Waals surface area contributed by atoms with Crippen molar-refractivity contribution in [2.45, 2.75) is 70.1 Å². The predicted molar refractivity (Wildman–Crippen MR) is 107 cm³/mol. The van der Waals surface area contributed by atoms with E-state index < -0.39 is 0 Å². The molecule has 1 aromatic rings. The zero-order valence-corrected chi connectivity index (χ0v) is 16.6. The van der Waals surface area contributed by atoms with Crippen LogP contribution in [0.2, 0.25) is 0 Å². The molecule has 1 aliphatic carbocycles. The van der Waals surface area contributed by atoms with Crippen LogP contribution in [0.25, 0.3) is 0 Å². The lowest BCUT2D eigenvalue weighted by atomic mass is 9.94. The minimum Gasteiger partial charge on any atom is -0.377 e. The van der Waals surface area contributed by atoms with Gasteiger partial charge in [-0.3, -0.25) is 4.90 Å². The van der Waals surface area contributed by atoms with Gasteiger partial charge in [0.2, 0.25) is 0 Å². The molecule has 3 aliphatic rings. The van der Waals surface area contributed by atoms with Crippen LogP contribution in [-0.2, 0) is 11.3 Å². The molecule has 1 atom stereocenters. The molecule has 1 aromatic carbocycles. The lowest BCUT2D eigenvalue weighted by Crippen LogP contribution is -2.43. The van der Waals surface area contributed by atoms with Crippen LogP contribution in [0.15, 0.2) is 24.3 Å². The molecule has 27 heavy (non-hydrogen) atoms. The Morgan fingerprint density at radius 3 is 2.44 bits per heavy atom. The highest BCUT2D eigenvalue weighted by atomic mass is 19.1. The fraction of sp³-hybridized carbons (Fsp3) is 0.739. The number of piperidine rings is 1. The Balaban J connectivity index is 1.33. The Hall–Kier alpha value is -0.970. The van der Waals surface area contributed by atoms with Gasteiger partial charge in [0.25, 0.3) is 0 Å². The maximum absolute atomic E-state index is 14.2. The van der Waals surface area contributed by atoms with Crippen molar-refractivity contribution >= 4 is 0 Å². The van der Waals surface area contributed by atoms with Crippen molar-refractivity contribution in [3.8, 4) is 0 Å². The fourth-order valence-corrected chi connectivity index (χ4v) is 5.28. The number of halogens is 1. The van der Waals surface area contributed by atoms with E-state index in [1.54, 1.807) is 12.1 Å². The topological polar surface area (TPSA) is 15.7 Å².